The highest BCUT2D eigenvalue weighted by atomic mass is 16.6. The molecule has 0 unspecified atom stereocenters. The molecule has 0 radical (unpaired) electrons. The highest BCUT2D eigenvalue weighted by Crippen LogP contribution is 2.10. The molecule has 0 aromatic rings. The van der Waals surface area contributed by atoms with E-state index in [1.54, 1.807) is 4.90 Å². The number of alkyl carbamates (subject to hydrolysis) is 1. The third-order valence-electron chi connectivity index (χ3n) is 2.25. The summed E-state index contributed by atoms with van der Waals surface area (Å²) in [7, 11) is 0. The van der Waals surface area contributed by atoms with E-state index in [1.807, 2.05) is 20.8 Å². The van der Waals surface area contributed by atoms with Gasteiger partial charge in [0.1, 0.15) is 5.60 Å². The molecule has 0 saturated carbocycles. The molecule has 1 aliphatic heterocycles. The molecule has 1 rings (SSSR count). The molecule has 1 amide bonds. The van der Waals surface area contributed by atoms with Crippen molar-refractivity contribution in [3.63, 3.8) is 0 Å². The van der Waals surface area contributed by atoms with Crippen molar-refractivity contribution in [2.24, 2.45) is 5.73 Å². The van der Waals surface area contributed by atoms with Crippen LogP contribution >= 0.6 is 0 Å². The number of carbonyl (C=O) groups is 1. The van der Waals surface area contributed by atoms with Crippen molar-refractivity contribution < 1.29 is 9.53 Å². The molecule has 6 heteroatoms. The summed E-state index contributed by atoms with van der Waals surface area (Å²) in [5.41, 5.74) is 4.87. The Morgan fingerprint density at radius 3 is 2.62 bits per heavy atom. The van der Waals surface area contributed by atoms with Gasteiger partial charge in [-0.25, -0.2) is 4.79 Å². The lowest BCUT2D eigenvalue weighted by Gasteiger charge is -2.22. The van der Waals surface area contributed by atoms with Crippen LogP contribution in [0.25, 0.3) is 0 Å². The van der Waals surface area contributed by atoms with Crippen LogP contribution in [0.4, 0.5) is 4.79 Å². The van der Waals surface area contributed by atoms with Crippen molar-refractivity contribution in [2.45, 2.75) is 38.8 Å². The molecule has 1 fully saturated rings. The van der Waals surface area contributed by atoms with E-state index in [2.05, 4.69) is 5.32 Å². The number of nitrogens with zero attached hydrogens (tertiary/aromatic N) is 1. The maximum atomic E-state index is 11.5. The maximum Gasteiger partial charge on any atom is 0.407 e. The quantitative estimate of drug-likeness (QED) is 0.449. The molecule has 0 aromatic carbocycles. The number of hydrogen-bond acceptors (Lipinski definition) is 3. The molecule has 1 heterocycles. The first-order chi connectivity index (χ1) is 7.28. The Bertz CT molecular complexity index is 285. The zero-order chi connectivity index (χ0) is 12.3. The first-order valence-electron chi connectivity index (χ1n) is 5.36. The third-order valence-corrected chi connectivity index (χ3v) is 2.25. The predicted octanol–water partition coefficient (Wildman–Crippen LogP) is 0.479. The van der Waals surface area contributed by atoms with Crippen LogP contribution in [0.2, 0.25) is 0 Å². The summed E-state index contributed by atoms with van der Waals surface area (Å²) in [4.78, 5) is 13.2. The minimum atomic E-state index is -0.483. The van der Waals surface area contributed by atoms with Crippen molar-refractivity contribution in [1.82, 2.24) is 10.2 Å². The van der Waals surface area contributed by atoms with Gasteiger partial charge in [0.25, 0.3) is 0 Å². The summed E-state index contributed by atoms with van der Waals surface area (Å²) in [6, 6.07) is 0.0127. The smallest absolute Gasteiger partial charge is 0.407 e. The molecule has 0 aromatic heterocycles. The van der Waals surface area contributed by atoms with Gasteiger partial charge in [-0.05, 0) is 27.2 Å². The summed E-state index contributed by atoms with van der Waals surface area (Å²) in [6.45, 7) is 6.75. The van der Waals surface area contributed by atoms with Gasteiger partial charge in [-0.3, -0.25) is 5.41 Å². The molecule has 0 aliphatic carbocycles. The molecule has 0 bridgehead atoms. The fourth-order valence-electron chi connectivity index (χ4n) is 1.57. The minimum absolute atomic E-state index is 0.0127. The van der Waals surface area contributed by atoms with Crippen molar-refractivity contribution in [1.29, 1.82) is 5.41 Å². The second kappa shape index (κ2) is 4.59. The van der Waals surface area contributed by atoms with Gasteiger partial charge in [0.2, 0.25) is 0 Å². The summed E-state index contributed by atoms with van der Waals surface area (Å²) in [5, 5.41) is 10.0. The van der Waals surface area contributed by atoms with Gasteiger partial charge in [0.15, 0.2) is 5.96 Å². The Morgan fingerprint density at radius 2 is 2.19 bits per heavy atom. The zero-order valence-electron chi connectivity index (χ0n) is 10.0. The Hall–Kier alpha value is -1.46. The highest BCUT2D eigenvalue weighted by molar-refractivity contribution is 5.75. The van der Waals surface area contributed by atoms with E-state index in [4.69, 9.17) is 15.9 Å². The van der Waals surface area contributed by atoms with Crippen molar-refractivity contribution in [3.05, 3.63) is 0 Å². The molecule has 92 valence electrons. The van der Waals surface area contributed by atoms with Crippen LogP contribution in [0.1, 0.15) is 27.2 Å². The van der Waals surface area contributed by atoms with Gasteiger partial charge in [-0.15, -0.1) is 0 Å². The Labute approximate surface area is 95.6 Å². The standard InChI is InChI=1S/C10H20N4O2/c1-10(2,3)16-9(15)13-7-4-5-14(6-7)8(11)12/h7H,4-6H2,1-3H3,(H3,11,12)(H,13,15)/t7-/m0/s1. The number of guanidine groups is 1. The van der Waals surface area contributed by atoms with E-state index in [0.717, 1.165) is 6.42 Å². The van der Waals surface area contributed by atoms with Gasteiger partial charge in [-0.1, -0.05) is 0 Å². The van der Waals surface area contributed by atoms with Crippen molar-refractivity contribution in [2.75, 3.05) is 13.1 Å². The normalized spacial score (nSPS) is 20.7. The first-order valence-corrected chi connectivity index (χ1v) is 5.36. The Morgan fingerprint density at radius 1 is 1.56 bits per heavy atom. The van der Waals surface area contributed by atoms with Crippen molar-refractivity contribution >= 4 is 12.1 Å². The van der Waals surface area contributed by atoms with Crippen LogP contribution in [-0.2, 0) is 4.74 Å². The van der Waals surface area contributed by atoms with Crippen LogP contribution in [0.15, 0.2) is 0 Å². The van der Waals surface area contributed by atoms with Gasteiger partial charge < -0.3 is 20.7 Å². The lowest BCUT2D eigenvalue weighted by molar-refractivity contribution is 0.0507. The average molecular weight is 228 g/mol. The molecular weight excluding hydrogens is 208 g/mol. The average Bonchev–Trinajstić information content (AvgIpc) is 2.48. The summed E-state index contributed by atoms with van der Waals surface area (Å²) < 4.78 is 5.14. The summed E-state index contributed by atoms with van der Waals surface area (Å²) >= 11 is 0. The third kappa shape index (κ3) is 3.96. The fourth-order valence-corrected chi connectivity index (χ4v) is 1.57. The molecule has 16 heavy (non-hydrogen) atoms. The van der Waals surface area contributed by atoms with Gasteiger partial charge in [0, 0.05) is 13.1 Å². The molecular formula is C10H20N4O2. The van der Waals surface area contributed by atoms with Crippen LogP contribution in [0.3, 0.4) is 0 Å². The van der Waals surface area contributed by atoms with Crippen LogP contribution < -0.4 is 11.1 Å². The number of carbonyl (C=O) groups excluding carboxylic acids is 1. The van der Waals surface area contributed by atoms with E-state index in [9.17, 15) is 4.79 Å². The van der Waals surface area contributed by atoms with E-state index in [1.165, 1.54) is 0 Å². The first kappa shape index (κ1) is 12.6. The minimum Gasteiger partial charge on any atom is -0.444 e. The van der Waals surface area contributed by atoms with E-state index < -0.39 is 11.7 Å². The number of hydrogen-bond donors (Lipinski definition) is 3. The van der Waals surface area contributed by atoms with Crippen molar-refractivity contribution in [3.8, 4) is 0 Å². The maximum absolute atomic E-state index is 11.5. The SMILES string of the molecule is CC(C)(C)OC(=O)N[C@H]1CCN(C(=N)N)C1. The highest BCUT2D eigenvalue weighted by Gasteiger charge is 2.26. The molecule has 4 N–H and O–H groups in total. The number of ether oxygens (including phenoxy) is 1. The van der Waals surface area contributed by atoms with Gasteiger partial charge >= 0.3 is 6.09 Å². The second-order valence-corrected chi connectivity index (χ2v) is 4.96. The summed E-state index contributed by atoms with van der Waals surface area (Å²) in [5.74, 6) is 0.0495. The number of rotatable bonds is 1. The Balaban J connectivity index is 2.34. The lowest BCUT2D eigenvalue weighted by atomic mass is 10.2. The Kier molecular flexibility index (Phi) is 3.62. The molecule has 0 spiro atoms. The summed E-state index contributed by atoms with van der Waals surface area (Å²) in [6.07, 6.45) is 0.377. The predicted molar refractivity (Wildman–Crippen MR) is 61.3 cm³/mol. The number of nitrogens with one attached hydrogen (secondary N) is 2. The monoisotopic (exact) mass is 228 g/mol. The van der Waals surface area contributed by atoms with E-state index in [-0.39, 0.29) is 12.0 Å². The largest absolute Gasteiger partial charge is 0.444 e. The molecule has 1 saturated heterocycles. The number of likely N-dealkylation sites (tertiary alicyclic amines) is 1. The van der Waals surface area contributed by atoms with Crippen LogP contribution in [-0.4, -0.2) is 41.7 Å². The van der Waals surface area contributed by atoms with Crippen LogP contribution in [0.5, 0.6) is 0 Å². The number of amides is 1. The fraction of sp³-hybridized carbons (Fsp3) is 0.800. The topological polar surface area (TPSA) is 91.4 Å². The van der Waals surface area contributed by atoms with E-state index in [0.29, 0.717) is 13.1 Å². The van der Waals surface area contributed by atoms with Gasteiger partial charge in [0.05, 0.1) is 6.04 Å². The zero-order valence-corrected chi connectivity index (χ0v) is 10.0. The molecule has 6 nitrogen and oxygen atoms in total. The second-order valence-electron chi connectivity index (χ2n) is 4.96. The van der Waals surface area contributed by atoms with Gasteiger partial charge in [-0.2, -0.15) is 0 Å². The molecule has 1 atom stereocenters. The van der Waals surface area contributed by atoms with E-state index >= 15 is 0 Å². The number of nitrogens with two attached hydrogens (primary N) is 1. The molecule has 1 aliphatic rings. The van der Waals surface area contributed by atoms with Crippen LogP contribution in [0, 0.1) is 5.41 Å². The lowest BCUT2D eigenvalue weighted by Crippen LogP contribution is -2.42.